The van der Waals surface area contributed by atoms with Gasteiger partial charge >= 0.3 is 5.91 Å². The number of amides is 1. The minimum absolute atomic E-state index is 0. The first-order valence-electron chi connectivity index (χ1n) is 6.00. The summed E-state index contributed by atoms with van der Waals surface area (Å²) in [5.74, 6) is -0.193. The van der Waals surface area contributed by atoms with Crippen molar-refractivity contribution in [2.24, 2.45) is 5.10 Å². The van der Waals surface area contributed by atoms with Crippen molar-refractivity contribution in [1.82, 2.24) is 5.43 Å². The minimum atomic E-state index is -0.254. The summed E-state index contributed by atoms with van der Waals surface area (Å²) in [6, 6.07) is 8.89. The summed E-state index contributed by atoms with van der Waals surface area (Å²) in [6.07, 6.45) is 4.97. The van der Waals surface area contributed by atoms with E-state index in [0.29, 0.717) is 10.0 Å². The Morgan fingerprint density at radius 3 is 2.59 bits per heavy atom. The van der Waals surface area contributed by atoms with Crippen LogP contribution in [0.3, 0.4) is 0 Å². The fourth-order valence-electron chi connectivity index (χ4n) is 1.61. The normalized spacial score (nSPS) is 10.3. The number of nitrogens with zero attached hydrogens (tertiary/aromatic N) is 2. The highest BCUT2D eigenvalue weighted by molar-refractivity contribution is 9.11. The number of rotatable bonds is 4. The molecule has 0 fully saturated rings. The van der Waals surface area contributed by atoms with Crippen molar-refractivity contribution < 1.29 is 26.9 Å². The van der Waals surface area contributed by atoms with E-state index in [4.69, 9.17) is 0 Å². The monoisotopic (exact) mass is 447 g/mol. The second kappa shape index (κ2) is 8.87. The number of carbonyl (C=O) groups excluding carboxylic acids is 1. The van der Waals surface area contributed by atoms with Gasteiger partial charge in [-0.25, -0.2) is 5.43 Å². The maximum Gasteiger partial charge on any atom is 0.305 e. The first-order chi connectivity index (χ1) is 10.1. The van der Waals surface area contributed by atoms with Gasteiger partial charge in [0, 0.05) is 21.1 Å². The molecule has 1 aromatic carbocycles. The second-order valence-corrected chi connectivity index (χ2v) is 5.93. The highest BCUT2D eigenvalue weighted by Crippen LogP contribution is 2.28. The highest BCUT2D eigenvalue weighted by atomic mass is 79.9. The van der Waals surface area contributed by atoms with Crippen molar-refractivity contribution in [3.8, 4) is 5.75 Å². The van der Waals surface area contributed by atoms with Crippen LogP contribution in [0.2, 0.25) is 0 Å². The van der Waals surface area contributed by atoms with Gasteiger partial charge in [0.2, 0.25) is 6.54 Å². The van der Waals surface area contributed by atoms with E-state index in [2.05, 4.69) is 42.4 Å². The Balaban J connectivity index is 0.00000242. The zero-order valence-corrected chi connectivity index (χ0v) is 15.1. The fourth-order valence-corrected chi connectivity index (χ4v) is 2.91. The maximum absolute atomic E-state index is 11.7. The van der Waals surface area contributed by atoms with Crippen molar-refractivity contribution in [3.05, 3.63) is 57.2 Å². The molecule has 1 heterocycles. The molecule has 0 atom stereocenters. The van der Waals surface area contributed by atoms with Crippen LogP contribution in [0.5, 0.6) is 5.75 Å². The Kier molecular flexibility index (Phi) is 7.50. The number of carbonyl (C=O) groups is 1. The fraction of sp³-hybridized carbons (Fsp3) is 0.0714. The van der Waals surface area contributed by atoms with Crippen molar-refractivity contribution in [3.63, 3.8) is 0 Å². The first kappa shape index (κ1) is 18.6. The zero-order chi connectivity index (χ0) is 15.2. The van der Waals surface area contributed by atoms with Gasteiger partial charge < -0.3 is 17.5 Å². The van der Waals surface area contributed by atoms with E-state index in [9.17, 15) is 9.90 Å². The summed E-state index contributed by atoms with van der Waals surface area (Å²) < 4.78 is 3.15. The van der Waals surface area contributed by atoms with E-state index in [1.165, 1.54) is 6.21 Å². The molecule has 22 heavy (non-hydrogen) atoms. The summed E-state index contributed by atoms with van der Waals surface area (Å²) in [5.41, 5.74) is 2.91. The molecule has 2 rings (SSSR count). The van der Waals surface area contributed by atoms with Gasteiger partial charge in [-0.05, 0) is 28.1 Å². The third-order valence-electron chi connectivity index (χ3n) is 2.56. The lowest BCUT2D eigenvalue weighted by Crippen LogP contribution is -3.00. The van der Waals surface area contributed by atoms with Crippen LogP contribution in [-0.2, 0) is 11.3 Å². The lowest BCUT2D eigenvalue weighted by atomic mass is 10.2. The molecule has 1 aromatic heterocycles. The van der Waals surface area contributed by atoms with E-state index >= 15 is 0 Å². The van der Waals surface area contributed by atoms with Crippen LogP contribution in [0, 0.1) is 0 Å². The number of pyridine rings is 1. The second-order valence-electron chi connectivity index (χ2n) is 4.16. The van der Waals surface area contributed by atoms with Gasteiger partial charge in [-0.3, -0.25) is 4.79 Å². The number of aromatic nitrogens is 1. The van der Waals surface area contributed by atoms with Crippen LogP contribution in [0.25, 0.3) is 0 Å². The summed E-state index contributed by atoms with van der Waals surface area (Å²) in [6.45, 7) is 0.172. The number of phenolic OH excluding ortho intramolecular Hbond substituents is 1. The molecule has 1 amide bonds. The van der Waals surface area contributed by atoms with E-state index in [0.717, 1.165) is 4.47 Å². The molecule has 0 saturated heterocycles. The summed E-state index contributed by atoms with van der Waals surface area (Å²) in [7, 11) is 0. The number of phenols is 1. The Hall–Kier alpha value is -1.44. The molecule has 0 aliphatic rings. The molecule has 0 aliphatic carbocycles. The number of aromatic hydroxyl groups is 1. The Bertz CT molecular complexity index is 658. The number of hydrazone groups is 1. The first-order valence-corrected chi connectivity index (χ1v) is 7.59. The molecule has 2 N–H and O–H groups in total. The SMILES string of the molecule is O=C(C[n+]1ccccc1)N/N=C\c1c(O)cc(Br)cc1Br.[Cl-]. The molecule has 0 saturated carbocycles. The van der Waals surface area contributed by atoms with Crippen LogP contribution in [0.1, 0.15) is 5.56 Å². The van der Waals surface area contributed by atoms with Gasteiger partial charge in [-0.1, -0.05) is 22.0 Å². The average Bonchev–Trinajstić information content (AvgIpc) is 2.42. The maximum atomic E-state index is 11.7. The molecular weight excluding hydrogens is 437 g/mol. The van der Waals surface area contributed by atoms with E-state index in [1.807, 2.05) is 18.2 Å². The lowest BCUT2D eigenvalue weighted by molar-refractivity contribution is -0.684. The molecule has 2 aromatic rings. The number of benzene rings is 1. The van der Waals surface area contributed by atoms with E-state index < -0.39 is 0 Å². The number of nitrogens with one attached hydrogen (secondary N) is 1. The Labute approximate surface area is 150 Å². The molecule has 0 radical (unpaired) electrons. The zero-order valence-electron chi connectivity index (χ0n) is 11.2. The molecule has 0 unspecified atom stereocenters. The number of hydrogen-bond acceptors (Lipinski definition) is 3. The summed E-state index contributed by atoms with van der Waals surface area (Å²) in [4.78, 5) is 11.7. The number of halogens is 3. The third-order valence-corrected chi connectivity index (χ3v) is 3.67. The Morgan fingerprint density at radius 2 is 1.95 bits per heavy atom. The van der Waals surface area contributed by atoms with Crippen molar-refractivity contribution in [1.29, 1.82) is 0 Å². The van der Waals surface area contributed by atoms with Crippen molar-refractivity contribution in [2.45, 2.75) is 6.54 Å². The smallest absolute Gasteiger partial charge is 0.305 e. The molecular formula is C14H12Br2ClN3O2. The quantitative estimate of drug-likeness (QED) is 0.371. The molecule has 5 nitrogen and oxygen atoms in total. The van der Waals surface area contributed by atoms with Gasteiger partial charge in [0.15, 0.2) is 12.4 Å². The van der Waals surface area contributed by atoms with E-state index in [1.54, 1.807) is 29.1 Å². The standard InChI is InChI=1S/C14H11Br2N3O2.ClH/c15-10-6-12(16)11(13(20)7-10)8-17-18-14(21)9-19-4-2-1-3-5-19;/h1-8H,9H2,(H-,17,18,20,21);1H. The summed E-state index contributed by atoms with van der Waals surface area (Å²) >= 11 is 6.59. The Morgan fingerprint density at radius 1 is 1.27 bits per heavy atom. The average molecular weight is 450 g/mol. The van der Waals surface area contributed by atoms with Crippen LogP contribution in [-0.4, -0.2) is 17.2 Å². The highest BCUT2D eigenvalue weighted by Gasteiger charge is 2.08. The van der Waals surface area contributed by atoms with Crippen LogP contribution >= 0.6 is 31.9 Å². The number of hydrogen-bond donors (Lipinski definition) is 2. The van der Waals surface area contributed by atoms with Gasteiger partial charge in [0.05, 0.1) is 11.8 Å². The van der Waals surface area contributed by atoms with Crippen molar-refractivity contribution in [2.75, 3.05) is 0 Å². The largest absolute Gasteiger partial charge is 1.00 e. The molecule has 8 heteroatoms. The predicted molar refractivity (Wildman–Crippen MR) is 85.9 cm³/mol. The van der Waals surface area contributed by atoms with Crippen LogP contribution in [0.15, 0.2) is 56.8 Å². The van der Waals surface area contributed by atoms with Gasteiger partial charge in [0.1, 0.15) is 5.75 Å². The third kappa shape index (κ3) is 5.40. The topological polar surface area (TPSA) is 65.6 Å². The van der Waals surface area contributed by atoms with E-state index in [-0.39, 0.29) is 30.6 Å². The van der Waals surface area contributed by atoms with Gasteiger partial charge in [-0.2, -0.15) is 9.67 Å². The molecule has 0 bridgehead atoms. The minimum Gasteiger partial charge on any atom is -1.00 e. The van der Waals surface area contributed by atoms with Crippen LogP contribution in [0.4, 0.5) is 0 Å². The van der Waals surface area contributed by atoms with Crippen LogP contribution < -0.4 is 22.4 Å². The van der Waals surface area contributed by atoms with Gasteiger partial charge in [0.25, 0.3) is 0 Å². The molecule has 0 aliphatic heterocycles. The predicted octanol–water partition coefficient (Wildman–Crippen LogP) is -0.641. The van der Waals surface area contributed by atoms with Crippen molar-refractivity contribution >= 4 is 44.0 Å². The summed E-state index contributed by atoms with van der Waals surface area (Å²) in [5, 5.41) is 13.7. The molecule has 116 valence electrons. The van der Waals surface area contributed by atoms with Gasteiger partial charge in [-0.15, -0.1) is 0 Å². The lowest BCUT2D eigenvalue weighted by Gasteiger charge is -2.03. The molecule has 0 spiro atoms.